The summed E-state index contributed by atoms with van der Waals surface area (Å²) in [6.07, 6.45) is 2.14. The van der Waals surface area contributed by atoms with Crippen molar-refractivity contribution in [2.24, 2.45) is 5.92 Å². The lowest BCUT2D eigenvalue weighted by Gasteiger charge is -2.49. The zero-order valence-corrected chi connectivity index (χ0v) is 18.8. The molecule has 4 nitrogen and oxygen atoms in total. The lowest BCUT2D eigenvalue weighted by molar-refractivity contribution is -0.928. The molecule has 0 unspecified atom stereocenters. The van der Waals surface area contributed by atoms with Crippen LogP contribution in [0.1, 0.15) is 24.0 Å². The number of halogens is 1. The molecule has 0 N–H and O–H groups in total. The number of fused-ring (bicyclic) bond motifs is 3. The number of nitrogens with zero attached hydrogens (tertiary/aromatic N) is 2. The van der Waals surface area contributed by atoms with E-state index in [1.54, 1.807) is 4.90 Å². The molecular formula is C23H29IN2O2. The summed E-state index contributed by atoms with van der Waals surface area (Å²) in [6, 6.07) is 18.2. The minimum atomic E-state index is -0.224. The maximum absolute atomic E-state index is 13.2. The maximum atomic E-state index is 13.2. The number of amides is 1. The standard InChI is InChI=1S/C23H29N2O2.HI/c1-18-8-6-7-11-21(18)24(16-19-9-4-3-5-10-19)23(26)27-22-17-25(2)14-12-20(22)13-15-25;/h3-11,20,22H,12-17H2,1-2H3;1H/q+1;/p-1/t20?,22-,25?;/m0./s1. The zero-order chi connectivity index (χ0) is 18.9. The summed E-state index contributed by atoms with van der Waals surface area (Å²) in [4.78, 5) is 15.0. The Hall–Kier alpha value is -1.60. The van der Waals surface area contributed by atoms with Crippen LogP contribution in [0.15, 0.2) is 54.6 Å². The van der Waals surface area contributed by atoms with Gasteiger partial charge in [0.2, 0.25) is 0 Å². The van der Waals surface area contributed by atoms with E-state index in [-0.39, 0.29) is 36.2 Å². The monoisotopic (exact) mass is 492 g/mol. The van der Waals surface area contributed by atoms with Crippen LogP contribution in [0.3, 0.4) is 0 Å². The highest BCUT2D eigenvalue weighted by atomic mass is 127. The fourth-order valence-electron chi connectivity index (χ4n) is 4.56. The number of carbonyl (C=O) groups is 1. The second kappa shape index (κ2) is 8.82. The Morgan fingerprint density at radius 2 is 1.71 bits per heavy atom. The van der Waals surface area contributed by atoms with Gasteiger partial charge in [0.15, 0.2) is 6.10 Å². The van der Waals surface area contributed by atoms with Gasteiger partial charge in [-0.25, -0.2) is 4.79 Å². The van der Waals surface area contributed by atoms with Gasteiger partial charge in [-0.15, -0.1) is 0 Å². The summed E-state index contributed by atoms with van der Waals surface area (Å²) >= 11 is 0. The van der Waals surface area contributed by atoms with Gasteiger partial charge in [-0.1, -0.05) is 48.5 Å². The molecule has 28 heavy (non-hydrogen) atoms. The number of hydrogen-bond donors (Lipinski definition) is 0. The molecule has 3 saturated heterocycles. The minimum Gasteiger partial charge on any atom is -1.00 e. The molecular weight excluding hydrogens is 463 g/mol. The van der Waals surface area contributed by atoms with E-state index in [4.69, 9.17) is 4.74 Å². The summed E-state index contributed by atoms with van der Waals surface area (Å²) in [5.41, 5.74) is 3.11. The van der Waals surface area contributed by atoms with E-state index in [0.29, 0.717) is 12.5 Å². The van der Waals surface area contributed by atoms with Gasteiger partial charge in [-0.3, -0.25) is 4.90 Å². The molecule has 3 aliphatic rings. The Balaban J connectivity index is 0.00000225. The van der Waals surface area contributed by atoms with Crippen LogP contribution >= 0.6 is 0 Å². The fraction of sp³-hybridized carbons (Fsp3) is 0.435. The maximum Gasteiger partial charge on any atom is 0.415 e. The average molecular weight is 492 g/mol. The van der Waals surface area contributed by atoms with E-state index in [9.17, 15) is 4.79 Å². The number of ether oxygens (including phenoxy) is 1. The van der Waals surface area contributed by atoms with E-state index in [2.05, 4.69) is 19.2 Å². The van der Waals surface area contributed by atoms with Crippen molar-refractivity contribution in [2.75, 3.05) is 31.6 Å². The Morgan fingerprint density at radius 3 is 2.36 bits per heavy atom. The molecule has 0 spiro atoms. The van der Waals surface area contributed by atoms with Crippen LogP contribution in [-0.4, -0.2) is 43.4 Å². The van der Waals surface area contributed by atoms with Gasteiger partial charge in [0, 0.05) is 18.8 Å². The second-order valence-corrected chi connectivity index (χ2v) is 8.37. The number of para-hydroxylation sites is 1. The van der Waals surface area contributed by atoms with E-state index in [1.165, 1.54) is 13.1 Å². The smallest absolute Gasteiger partial charge is 0.415 e. The highest BCUT2D eigenvalue weighted by Crippen LogP contribution is 2.35. The van der Waals surface area contributed by atoms with Crippen molar-refractivity contribution in [1.82, 2.24) is 0 Å². The largest absolute Gasteiger partial charge is 1.00 e. The van der Waals surface area contributed by atoms with Gasteiger partial charge in [0.05, 0.1) is 32.4 Å². The molecule has 2 bridgehead atoms. The predicted molar refractivity (Wildman–Crippen MR) is 108 cm³/mol. The molecule has 0 saturated carbocycles. The van der Waals surface area contributed by atoms with Gasteiger partial charge in [0.25, 0.3) is 0 Å². The van der Waals surface area contributed by atoms with E-state index < -0.39 is 0 Å². The molecule has 3 heterocycles. The number of likely N-dealkylation sites (N-methyl/N-ethyl adjacent to an activating group) is 1. The molecule has 0 radical (unpaired) electrons. The number of rotatable bonds is 4. The summed E-state index contributed by atoms with van der Waals surface area (Å²) in [6.45, 7) is 5.94. The van der Waals surface area contributed by atoms with Gasteiger partial charge in [-0.2, -0.15) is 0 Å². The van der Waals surface area contributed by atoms with Gasteiger partial charge in [-0.05, 0) is 24.1 Å². The highest BCUT2D eigenvalue weighted by molar-refractivity contribution is 5.88. The van der Waals surface area contributed by atoms with Gasteiger partial charge < -0.3 is 33.2 Å². The predicted octanol–water partition coefficient (Wildman–Crippen LogP) is 1.38. The third-order valence-corrected chi connectivity index (χ3v) is 6.29. The molecule has 3 fully saturated rings. The Morgan fingerprint density at radius 1 is 1.07 bits per heavy atom. The summed E-state index contributed by atoms with van der Waals surface area (Å²) < 4.78 is 7.14. The van der Waals surface area contributed by atoms with E-state index in [0.717, 1.165) is 40.7 Å². The summed E-state index contributed by atoms with van der Waals surface area (Å²) in [5, 5.41) is 0. The van der Waals surface area contributed by atoms with Crippen LogP contribution in [0.5, 0.6) is 0 Å². The molecule has 2 aromatic rings. The number of benzene rings is 2. The number of piperidine rings is 3. The number of quaternary nitrogens is 1. The molecule has 1 amide bonds. The Bertz CT molecular complexity index is 803. The Labute approximate surface area is 185 Å². The first-order chi connectivity index (χ1) is 13.0. The van der Waals surface area contributed by atoms with Crippen LogP contribution in [0.25, 0.3) is 0 Å². The van der Waals surface area contributed by atoms with Crippen molar-refractivity contribution < 1.29 is 38.0 Å². The molecule has 5 heteroatoms. The molecule has 150 valence electrons. The highest BCUT2D eigenvalue weighted by Gasteiger charge is 2.45. The third kappa shape index (κ3) is 4.51. The fourth-order valence-corrected chi connectivity index (χ4v) is 4.56. The van der Waals surface area contributed by atoms with Gasteiger partial charge in [0.1, 0.15) is 6.54 Å². The lowest BCUT2D eigenvalue weighted by Crippen LogP contribution is -3.00. The van der Waals surface area contributed by atoms with Crippen LogP contribution in [0.4, 0.5) is 10.5 Å². The molecule has 3 aliphatic heterocycles. The second-order valence-electron chi connectivity index (χ2n) is 8.37. The number of anilines is 1. The average Bonchev–Trinajstić information content (AvgIpc) is 2.68. The number of carbonyl (C=O) groups excluding carboxylic acids is 1. The molecule has 0 aromatic heterocycles. The minimum absolute atomic E-state index is 0. The summed E-state index contributed by atoms with van der Waals surface area (Å²) in [7, 11) is 2.29. The lowest BCUT2D eigenvalue weighted by atomic mass is 9.84. The molecule has 5 rings (SSSR count). The topological polar surface area (TPSA) is 29.5 Å². The van der Waals surface area contributed by atoms with Crippen molar-refractivity contribution in [2.45, 2.75) is 32.4 Å². The normalized spacial score (nSPS) is 25.6. The zero-order valence-electron chi connectivity index (χ0n) is 16.7. The molecule has 1 atom stereocenters. The van der Waals surface area contributed by atoms with Crippen LogP contribution in [-0.2, 0) is 11.3 Å². The van der Waals surface area contributed by atoms with Crippen molar-refractivity contribution in [3.8, 4) is 0 Å². The first-order valence-corrected chi connectivity index (χ1v) is 9.95. The third-order valence-electron chi connectivity index (χ3n) is 6.29. The number of aryl methyl sites for hydroxylation is 1. The first-order valence-electron chi connectivity index (χ1n) is 9.95. The quantitative estimate of drug-likeness (QED) is 0.477. The molecule has 2 aromatic carbocycles. The van der Waals surface area contributed by atoms with Crippen molar-refractivity contribution in [1.29, 1.82) is 0 Å². The van der Waals surface area contributed by atoms with Crippen LogP contribution in [0, 0.1) is 12.8 Å². The van der Waals surface area contributed by atoms with E-state index >= 15 is 0 Å². The van der Waals surface area contributed by atoms with Crippen LogP contribution in [0.2, 0.25) is 0 Å². The van der Waals surface area contributed by atoms with Gasteiger partial charge >= 0.3 is 6.09 Å². The van der Waals surface area contributed by atoms with Crippen LogP contribution < -0.4 is 28.9 Å². The summed E-state index contributed by atoms with van der Waals surface area (Å²) in [5.74, 6) is 0.518. The first kappa shape index (κ1) is 21.1. The molecule has 0 aliphatic carbocycles. The van der Waals surface area contributed by atoms with Crippen molar-refractivity contribution in [3.63, 3.8) is 0 Å². The van der Waals surface area contributed by atoms with Crippen molar-refractivity contribution >= 4 is 11.8 Å². The van der Waals surface area contributed by atoms with E-state index in [1.807, 2.05) is 49.4 Å². The van der Waals surface area contributed by atoms with Crippen molar-refractivity contribution in [3.05, 3.63) is 65.7 Å². The number of hydrogen-bond acceptors (Lipinski definition) is 2. The SMILES string of the molecule is Cc1ccccc1N(Cc1ccccc1)C(=O)O[C@H]1C[N+]2(C)CCC1CC2.[I-]. The Kier molecular flexibility index (Phi) is 6.65.